The van der Waals surface area contributed by atoms with Crippen LogP contribution in [0.25, 0.3) is 0 Å². The Labute approximate surface area is 104 Å². The third-order valence-corrected chi connectivity index (χ3v) is 2.54. The highest BCUT2D eigenvalue weighted by atomic mass is 16.5. The summed E-state index contributed by atoms with van der Waals surface area (Å²) < 4.78 is 5.24. The molecule has 0 bridgehead atoms. The van der Waals surface area contributed by atoms with E-state index in [-0.39, 0.29) is 0 Å². The SMILES string of the molecule is CCCNCCCNCc1ccncc1OC. The van der Waals surface area contributed by atoms with Crippen LogP contribution < -0.4 is 15.4 Å². The van der Waals surface area contributed by atoms with Crippen LogP contribution >= 0.6 is 0 Å². The molecule has 4 heteroatoms. The molecule has 17 heavy (non-hydrogen) atoms. The van der Waals surface area contributed by atoms with E-state index in [2.05, 4.69) is 22.5 Å². The quantitative estimate of drug-likeness (QED) is 0.640. The Hall–Kier alpha value is -1.13. The van der Waals surface area contributed by atoms with Gasteiger partial charge >= 0.3 is 0 Å². The molecule has 0 aliphatic rings. The maximum atomic E-state index is 5.24. The third-order valence-electron chi connectivity index (χ3n) is 2.54. The van der Waals surface area contributed by atoms with Crippen LogP contribution in [-0.2, 0) is 6.54 Å². The molecule has 2 N–H and O–H groups in total. The molecule has 0 aliphatic heterocycles. The predicted octanol–water partition coefficient (Wildman–Crippen LogP) is 1.57. The van der Waals surface area contributed by atoms with Crippen molar-refractivity contribution < 1.29 is 4.74 Å². The summed E-state index contributed by atoms with van der Waals surface area (Å²) in [6, 6.07) is 1.99. The van der Waals surface area contributed by atoms with Gasteiger partial charge in [-0.2, -0.15) is 0 Å². The summed E-state index contributed by atoms with van der Waals surface area (Å²) in [6.07, 6.45) is 5.89. The second-order valence-electron chi connectivity index (χ2n) is 3.97. The zero-order valence-electron chi connectivity index (χ0n) is 10.8. The molecule has 4 nitrogen and oxygen atoms in total. The number of pyridine rings is 1. The topological polar surface area (TPSA) is 46.2 Å². The van der Waals surface area contributed by atoms with Gasteiger partial charge in [-0.3, -0.25) is 4.98 Å². The van der Waals surface area contributed by atoms with E-state index in [1.807, 2.05) is 6.07 Å². The molecule has 1 aromatic heterocycles. The Morgan fingerprint density at radius 2 is 2.06 bits per heavy atom. The molecular weight excluding hydrogens is 214 g/mol. The van der Waals surface area contributed by atoms with Crippen molar-refractivity contribution in [3.05, 3.63) is 24.0 Å². The van der Waals surface area contributed by atoms with E-state index in [1.165, 1.54) is 6.42 Å². The summed E-state index contributed by atoms with van der Waals surface area (Å²) in [5.41, 5.74) is 1.16. The molecular formula is C13H23N3O. The summed E-state index contributed by atoms with van der Waals surface area (Å²) >= 11 is 0. The first-order valence-electron chi connectivity index (χ1n) is 6.26. The molecule has 0 aliphatic carbocycles. The molecule has 0 saturated carbocycles. The average Bonchev–Trinajstić information content (AvgIpc) is 2.38. The Bertz CT molecular complexity index is 304. The standard InChI is InChI=1S/C13H23N3O/c1-3-6-14-7-4-8-15-10-12-5-9-16-11-13(12)17-2/h5,9,11,14-15H,3-4,6-8,10H2,1-2H3. The summed E-state index contributed by atoms with van der Waals surface area (Å²) in [7, 11) is 1.68. The molecule has 0 aromatic carbocycles. The zero-order chi connectivity index (χ0) is 12.3. The van der Waals surface area contributed by atoms with Crippen molar-refractivity contribution in [2.45, 2.75) is 26.3 Å². The Kier molecular flexibility index (Phi) is 7.34. The van der Waals surface area contributed by atoms with E-state index in [4.69, 9.17) is 4.74 Å². The minimum Gasteiger partial charge on any atom is -0.495 e. The predicted molar refractivity (Wildman–Crippen MR) is 70.3 cm³/mol. The fraction of sp³-hybridized carbons (Fsp3) is 0.615. The highest BCUT2D eigenvalue weighted by Gasteiger charge is 2.00. The second kappa shape index (κ2) is 8.96. The van der Waals surface area contributed by atoms with Gasteiger partial charge in [-0.25, -0.2) is 0 Å². The fourth-order valence-electron chi connectivity index (χ4n) is 1.60. The van der Waals surface area contributed by atoms with Crippen molar-refractivity contribution in [2.75, 3.05) is 26.7 Å². The molecule has 0 fully saturated rings. The highest BCUT2D eigenvalue weighted by Crippen LogP contribution is 2.14. The number of methoxy groups -OCH3 is 1. The van der Waals surface area contributed by atoms with Crippen molar-refractivity contribution in [3.8, 4) is 5.75 Å². The third kappa shape index (κ3) is 5.65. The molecule has 1 heterocycles. The molecule has 0 atom stereocenters. The summed E-state index contributed by atoms with van der Waals surface area (Å²) in [4.78, 5) is 4.03. The molecule has 1 aromatic rings. The van der Waals surface area contributed by atoms with Crippen molar-refractivity contribution in [1.29, 1.82) is 0 Å². The highest BCUT2D eigenvalue weighted by molar-refractivity contribution is 5.29. The lowest BCUT2D eigenvalue weighted by Crippen LogP contribution is -2.22. The lowest BCUT2D eigenvalue weighted by molar-refractivity contribution is 0.405. The Morgan fingerprint density at radius 1 is 1.24 bits per heavy atom. The van der Waals surface area contributed by atoms with E-state index < -0.39 is 0 Å². The minimum absolute atomic E-state index is 0.833. The van der Waals surface area contributed by atoms with Gasteiger partial charge in [-0.05, 0) is 38.5 Å². The number of hydrogen-bond acceptors (Lipinski definition) is 4. The zero-order valence-corrected chi connectivity index (χ0v) is 10.8. The number of hydrogen-bond donors (Lipinski definition) is 2. The van der Waals surface area contributed by atoms with Crippen molar-refractivity contribution in [3.63, 3.8) is 0 Å². The van der Waals surface area contributed by atoms with Gasteiger partial charge in [0.05, 0.1) is 13.3 Å². The van der Waals surface area contributed by atoms with Crippen LogP contribution in [0, 0.1) is 0 Å². The smallest absolute Gasteiger partial charge is 0.141 e. The molecule has 1 rings (SSSR count). The summed E-state index contributed by atoms with van der Waals surface area (Å²) in [6.45, 7) is 6.22. The largest absolute Gasteiger partial charge is 0.495 e. The Morgan fingerprint density at radius 3 is 2.82 bits per heavy atom. The van der Waals surface area contributed by atoms with Gasteiger partial charge in [-0.15, -0.1) is 0 Å². The van der Waals surface area contributed by atoms with E-state index in [9.17, 15) is 0 Å². The van der Waals surface area contributed by atoms with Crippen LogP contribution in [0.4, 0.5) is 0 Å². The van der Waals surface area contributed by atoms with Crippen LogP contribution in [-0.4, -0.2) is 31.7 Å². The van der Waals surface area contributed by atoms with Crippen LogP contribution in [0.1, 0.15) is 25.3 Å². The number of nitrogens with zero attached hydrogens (tertiary/aromatic N) is 1. The fourth-order valence-corrected chi connectivity index (χ4v) is 1.60. The van der Waals surface area contributed by atoms with E-state index in [0.717, 1.165) is 43.9 Å². The van der Waals surface area contributed by atoms with Gasteiger partial charge < -0.3 is 15.4 Å². The molecule has 0 saturated heterocycles. The number of nitrogens with one attached hydrogen (secondary N) is 2. The lowest BCUT2D eigenvalue weighted by atomic mass is 10.2. The van der Waals surface area contributed by atoms with Crippen LogP contribution in [0.5, 0.6) is 5.75 Å². The van der Waals surface area contributed by atoms with Gasteiger partial charge in [0.15, 0.2) is 0 Å². The summed E-state index contributed by atoms with van der Waals surface area (Å²) in [5, 5.41) is 6.79. The first-order valence-corrected chi connectivity index (χ1v) is 6.26. The van der Waals surface area contributed by atoms with Gasteiger partial charge in [-0.1, -0.05) is 6.92 Å². The molecule has 96 valence electrons. The van der Waals surface area contributed by atoms with Crippen molar-refractivity contribution in [1.82, 2.24) is 15.6 Å². The average molecular weight is 237 g/mol. The Balaban J connectivity index is 2.13. The first-order chi connectivity index (χ1) is 8.38. The van der Waals surface area contributed by atoms with Crippen LogP contribution in [0.15, 0.2) is 18.5 Å². The number of ether oxygens (including phenoxy) is 1. The molecule has 0 radical (unpaired) electrons. The first kappa shape index (κ1) is 13.9. The van der Waals surface area contributed by atoms with Crippen molar-refractivity contribution in [2.24, 2.45) is 0 Å². The van der Waals surface area contributed by atoms with Gasteiger partial charge in [0.25, 0.3) is 0 Å². The number of rotatable bonds is 9. The van der Waals surface area contributed by atoms with E-state index >= 15 is 0 Å². The number of aromatic nitrogens is 1. The van der Waals surface area contributed by atoms with Crippen LogP contribution in [0.2, 0.25) is 0 Å². The van der Waals surface area contributed by atoms with Gasteiger partial charge in [0, 0.05) is 18.3 Å². The van der Waals surface area contributed by atoms with Gasteiger partial charge in [0.2, 0.25) is 0 Å². The van der Waals surface area contributed by atoms with Gasteiger partial charge in [0.1, 0.15) is 5.75 Å². The van der Waals surface area contributed by atoms with E-state index in [0.29, 0.717) is 0 Å². The summed E-state index contributed by atoms with van der Waals surface area (Å²) in [5.74, 6) is 0.851. The maximum absolute atomic E-state index is 5.24. The minimum atomic E-state index is 0.833. The monoisotopic (exact) mass is 237 g/mol. The molecule has 0 amide bonds. The molecule has 0 spiro atoms. The normalized spacial score (nSPS) is 10.5. The van der Waals surface area contributed by atoms with E-state index in [1.54, 1.807) is 19.5 Å². The van der Waals surface area contributed by atoms with Crippen molar-refractivity contribution >= 4 is 0 Å². The molecule has 0 unspecified atom stereocenters. The second-order valence-corrected chi connectivity index (χ2v) is 3.97. The maximum Gasteiger partial charge on any atom is 0.141 e. The lowest BCUT2D eigenvalue weighted by Gasteiger charge is -2.09. The van der Waals surface area contributed by atoms with Crippen LogP contribution in [0.3, 0.4) is 0 Å².